The van der Waals surface area contributed by atoms with Gasteiger partial charge in [-0.15, -0.1) is 23.1 Å². The van der Waals surface area contributed by atoms with Crippen LogP contribution in [0.1, 0.15) is 18.5 Å². The van der Waals surface area contributed by atoms with Crippen LogP contribution < -0.4 is 5.73 Å². The van der Waals surface area contributed by atoms with Crippen LogP contribution in [0, 0.1) is 11.7 Å². The van der Waals surface area contributed by atoms with Crippen LogP contribution in [0.2, 0.25) is 0 Å². The number of benzene rings is 1. The van der Waals surface area contributed by atoms with Crippen molar-refractivity contribution in [3.05, 3.63) is 41.2 Å². The largest absolute Gasteiger partial charge is 0.369 e. The molecule has 0 saturated carbocycles. The molecule has 1 aliphatic heterocycles. The molecule has 1 aromatic carbocycles. The first kappa shape index (κ1) is 18.8. The van der Waals surface area contributed by atoms with Crippen LogP contribution in [0.25, 0.3) is 10.6 Å². The number of piperidine rings is 1. The van der Waals surface area contributed by atoms with Gasteiger partial charge in [-0.25, -0.2) is 9.37 Å². The van der Waals surface area contributed by atoms with Gasteiger partial charge in [0.1, 0.15) is 10.8 Å². The standard InChI is InChI=1S/C18H20FN3O2S2/c19-14-3-1-13(2-4-14)18-21-15(10-26-18)9-25-11-16(23)22-7-5-12(6-8-22)17(20)24/h1-4,10,12H,5-9,11H2,(H2,20,24). The molecule has 0 bridgehead atoms. The molecule has 1 fully saturated rings. The van der Waals surface area contributed by atoms with Gasteiger partial charge in [0.05, 0.1) is 11.4 Å². The zero-order valence-corrected chi connectivity index (χ0v) is 15.8. The van der Waals surface area contributed by atoms with Crippen LogP contribution in [-0.2, 0) is 15.3 Å². The summed E-state index contributed by atoms with van der Waals surface area (Å²) in [5.41, 5.74) is 7.12. The molecule has 8 heteroatoms. The SMILES string of the molecule is NC(=O)C1CCN(C(=O)CSCc2csc(-c3ccc(F)cc3)n2)CC1. The van der Waals surface area contributed by atoms with E-state index in [0.29, 0.717) is 37.4 Å². The molecule has 0 atom stereocenters. The van der Waals surface area contributed by atoms with Gasteiger partial charge in [0, 0.05) is 35.7 Å². The fourth-order valence-electron chi connectivity index (χ4n) is 2.85. The molecule has 3 rings (SSSR count). The Kier molecular flexibility index (Phi) is 6.26. The van der Waals surface area contributed by atoms with E-state index in [1.165, 1.54) is 35.2 Å². The van der Waals surface area contributed by atoms with E-state index in [9.17, 15) is 14.0 Å². The highest BCUT2D eigenvalue weighted by atomic mass is 32.2. The number of nitrogens with zero attached hydrogens (tertiary/aromatic N) is 2. The fourth-order valence-corrected chi connectivity index (χ4v) is 4.59. The molecule has 26 heavy (non-hydrogen) atoms. The predicted octanol–water partition coefficient (Wildman–Crippen LogP) is 2.91. The zero-order chi connectivity index (χ0) is 18.5. The third-order valence-electron chi connectivity index (χ3n) is 4.37. The van der Waals surface area contributed by atoms with Gasteiger partial charge in [-0.1, -0.05) is 0 Å². The van der Waals surface area contributed by atoms with Crippen molar-refractivity contribution in [3.63, 3.8) is 0 Å². The topological polar surface area (TPSA) is 76.3 Å². The monoisotopic (exact) mass is 393 g/mol. The molecule has 5 nitrogen and oxygen atoms in total. The van der Waals surface area contributed by atoms with Crippen molar-refractivity contribution in [2.75, 3.05) is 18.8 Å². The molecule has 0 spiro atoms. The minimum absolute atomic E-state index is 0.0897. The molecule has 2 aromatic rings. The number of amides is 2. The van der Waals surface area contributed by atoms with E-state index in [2.05, 4.69) is 4.98 Å². The van der Waals surface area contributed by atoms with Crippen molar-refractivity contribution in [2.24, 2.45) is 11.7 Å². The number of aromatic nitrogens is 1. The second kappa shape index (κ2) is 8.64. The zero-order valence-electron chi connectivity index (χ0n) is 14.2. The summed E-state index contributed by atoms with van der Waals surface area (Å²) in [6.45, 7) is 1.19. The number of hydrogen-bond acceptors (Lipinski definition) is 5. The summed E-state index contributed by atoms with van der Waals surface area (Å²) in [6.07, 6.45) is 1.30. The van der Waals surface area contributed by atoms with Gasteiger partial charge in [0.15, 0.2) is 0 Å². The van der Waals surface area contributed by atoms with E-state index in [4.69, 9.17) is 5.73 Å². The van der Waals surface area contributed by atoms with E-state index < -0.39 is 0 Å². The molecular weight excluding hydrogens is 373 g/mol. The number of thioether (sulfide) groups is 1. The maximum atomic E-state index is 13.0. The Morgan fingerprint density at radius 2 is 1.96 bits per heavy atom. The highest BCUT2D eigenvalue weighted by Crippen LogP contribution is 2.26. The van der Waals surface area contributed by atoms with Gasteiger partial charge in [-0.05, 0) is 37.1 Å². The van der Waals surface area contributed by atoms with E-state index >= 15 is 0 Å². The average Bonchev–Trinajstić information content (AvgIpc) is 3.11. The van der Waals surface area contributed by atoms with E-state index in [0.717, 1.165) is 16.3 Å². The minimum Gasteiger partial charge on any atom is -0.369 e. The first-order valence-electron chi connectivity index (χ1n) is 8.38. The number of thiazole rings is 1. The number of nitrogens with two attached hydrogens (primary N) is 1. The Morgan fingerprint density at radius 3 is 2.62 bits per heavy atom. The fraction of sp³-hybridized carbons (Fsp3) is 0.389. The van der Waals surface area contributed by atoms with Crippen molar-refractivity contribution in [3.8, 4) is 10.6 Å². The lowest BCUT2D eigenvalue weighted by Crippen LogP contribution is -2.42. The van der Waals surface area contributed by atoms with Crippen molar-refractivity contribution >= 4 is 34.9 Å². The lowest BCUT2D eigenvalue weighted by atomic mass is 9.96. The van der Waals surface area contributed by atoms with Gasteiger partial charge in [-0.2, -0.15) is 0 Å². The van der Waals surface area contributed by atoms with Crippen LogP contribution in [0.4, 0.5) is 4.39 Å². The Bertz CT molecular complexity index is 771. The number of carbonyl (C=O) groups excluding carboxylic acids is 2. The molecule has 138 valence electrons. The molecule has 0 aliphatic carbocycles. The molecule has 2 heterocycles. The molecule has 1 aromatic heterocycles. The lowest BCUT2D eigenvalue weighted by Gasteiger charge is -2.30. The summed E-state index contributed by atoms with van der Waals surface area (Å²) >= 11 is 3.04. The summed E-state index contributed by atoms with van der Waals surface area (Å²) in [5.74, 6) is 0.496. The van der Waals surface area contributed by atoms with Crippen molar-refractivity contribution in [2.45, 2.75) is 18.6 Å². The number of carbonyl (C=O) groups is 2. The highest BCUT2D eigenvalue weighted by molar-refractivity contribution is 7.99. The minimum atomic E-state index is -0.271. The molecule has 1 saturated heterocycles. The van der Waals surface area contributed by atoms with Crippen LogP contribution >= 0.6 is 23.1 Å². The summed E-state index contributed by atoms with van der Waals surface area (Å²) in [5, 5.41) is 2.81. The highest BCUT2D eigenvalue weighted by Gasteiger charge is 2.25. The number of primary amides is 1. The molecule has 0 radical (unpaired) electrons. The molecule has 0 unspecified atom stereocenters. The Labute approximate surface area is 159 Å². The van der Waals surface area contributed by atoms with E-state index in [-0.39, 0.29) is 23.5 Å². The molecular formula is C18H20FN3O2S2. The number of likely N-dealkylation sites (tertiary alicyclic amines) is 1. The van der Waals surface area contributed by atoms with Crippen LogP contribution in [0.3, 0.4) is 0 Å². The third-order valence-corrected chi connectivity index (χ3v) is 6.26. The summed E-state index contributed by atoms with van der Waals surface area (Å²) in [7, 11) is 0. The maximum Gasteiger partial charge on any atom is 0.232 e. The van der Waals surface area contributed by atoms with Gasteiger partial charge in [0.2, 0.25) is 11.8 Å². The lowest BCUT2D eigenvalue weighted by molar-refractivity contribution is -0.132. The van der Waals surface area contributed by atoms with Crippen molar-refractivity contribution in [1.82, 2.24) is 9.88 Å². The Hall–Kier alpha value is -1.93. The second-order valence-electron chi connectivity index (χ2n) is 6.20. The smallest absolute Gasteiger partial charge is 0.232 e. The number of rotatable bonds is 6. The van der Waals surface area contributed by atoms with Crippen LogP contribution in [0.15, 0.2) is 29.6 Å². The Balaban J connectivity index is 1.44. The van der Waals surface area contributed by atoms with Crippen LogP contribution in [0.5, 0.6) is 0 Å². The quantitative estimate of drug-likeness (QED) is 0.819. The third kappa shape index (κ3) is 4.82. The van der Waals surface area contributed by atoms with Gasteiger partial charge < -0.3 is 10.6 Å². The number of hydrogen-bond donors (Lipinski definition) is 1. The van der Waals surface area contributed by atoms with Crippen molar-refractivity contribution in [1.29, 1.82) is 0 Å². The summed E-state index contributed by atoms with van der Waals surface area (Å²) < 4.78 is 13.0. The summed E-state index contributed by atoms with van der Waals surface area (Å²) in [6, 6.07) is 6.27. The first-order valence-corrected chi connectivity index (χ1v) is 10.4. The predicted molar refractivity (Wildman–Crippen MR) is 102 cm³/mol. The molecule has 2 amide bonds. The molecule has 2 N–H and O–H groups in total. The van der Waals surface area contributed by atoms with E-state index in [1.54, 1.807) is 17.0 Å². The average molecular weight is 394 g/mol. The summed E-state index contributed by atoms with van der Waals surface area (Å²) in [4.78, 5) is 29.8. The van der Waals surface area contributed by atoms with E-state index in [1.807, 2.05) is 5.38 Å². The number of halogens is 1. The maximum absolute atomic E-state index is 13.0. The van der Waals surface area contributed by atoms with Crippen LogP contribution in [-0.4, -0.2) is 40.5 Å². The normalized spacial score (nSPS) is 15.2. The van der Waals surface area contributed by atoms with Gasteiger partial charge >= 0.3 is 0 Å². The molecule has 1 aliphatic rings. The second-order valence-corrected chi connectivity index (χ2v) is 8.04. The van der Waals surface area contributed by atoms with Gasteiger partial charge in [0.25, 0.3) is 0 Å². The Morgan fingerprint density at radius 1 is 1.27 bits per heavy atom. The first-order chi connectivity index (χ1) is 12.5. The van der Waals surface area contributed by atoms with Crippen molar-refractivity contribution < 1.29 is 14.0 Å². The van der Waals surface area contributed by atoms with Gasteiger partial charge in [-0.3, -0.25) is 9.59 Å².